The molecule has 0 bridgehead atoms. The molecule has 2 atom stereocenters. The van der Waals surface area contributed by atoms with E-state index in [4.69, 9.17) is 9.47 Å². The van der Waals surface area contributed by atoms with E-state index < -0.39 is 0 Å². The first-order chi connectivity index (χ1) is 10.1. The van der Waals surface area contributed by atoms with Crippen LogP contribution in [0.5, 0.6) is 0 Å². The third-order valence-electron chi connectivity index (χ3n) is 4.14. The predicted octanol–water partition coefficient (Wildman–Crippen LogP) is 3.13. The summed E-state index contributed by atoms with van der Waals surface area (Å²) >= 11 is 0. The van der Waals surface area contributed by atoms with E-state index in [2.05, 4.69) is 32.2 Å². The molecule has 0 aromatic carbocycles. The van der Waals surface area contributed by atoms with Crippen LogP contribution in [0.15, 0.2) is 0 Å². The minimum atomic E-state index is -0.312. The maximum absolute atomic E-state index is 9.56. The Morgan fingerprint density at radius 3 is 2.71 bits per heavy atom. The molecule has 0 saturated heterocycles. The zero-order valence-electron chi connectivity index (χ0n) is 14.0. The molecule has 1 aliphatic carbocycles. The Hall–Kier alpha value is -0.630. The van der Waals surface area contributed by atoms with Gasteiger partial charge in [0.05, 0.1) is 19.3 Å². The third-order valence-corrected chi connectivity index (χ3v) is 4.14. The van der Waals surface area contributed by atoms with Gasteiger partial charge in [0.15, 0.2) is 0 Å². The SMILES string of the molecule is CCCNC1(C#N)CCCC1CCOCCOCC(C)C. The van der Waals surface area contributed by atoms with Crippen LogP contribution < -0.4 is 5.32 Å². The molecule has 4 heteroatoms. The first-order valence-corrected chi connectivity index (χ1v) is 8.46. The highest BCUT2D eigenvalue weighted by Crippen LogP contribution is 2.37. The monoisotopic (exact) mass is 296 g/mol. The second-order valence-electron chi connectivity index (χ2n) is 6.47. The van der Waals surface area contributed by atoms with Gasteiger partial charge in [-0.2, -0.15) is 5.26 Å². The Morgan fingerprint density at radius 1 is 1.29 bits per heavy atom. The number of rotatable bonds is 11. The molecule has 1 fully saturated rings. The van der Waals surface area contributed by atoms with E-state index in [0.717, 1.165) is 51.9 Å². The van der Waals surface area contributed by atoms with E-state index in [1.54, 1.807) is 0 Å². The van der Waals surface area contributed by atoms with Crippen molar-refractivity contribution < 1.29 is 9.47 Å². The van der Waals surface area contributed by atoms with Crippen LogP contribution in [-0.2, 0) is 9.47 Å². The smallest absolute Gasteiger partial charge is 0.109 e. The quantitative estimate of drug-likeness (QED) is 0.595. The Labute approximate surface area is 130 Å². The highest BCUT2D eigenvalue weighted by molar-refractivity contribution is 5.13. The first kappa shape index (κ1) is 18.4. The van der Waals surface area contributed by atoms with Crippen molar-refractivity contribution in [2.75, 3.05) is 33.0 Å². The Balaban J connectivity index is 2.19. The largest absolute Gasteiger partial charge is 0.379 e. The van der Waals surface area contributed by atoms with Gasteiger partial charge in [0.1, 0.15) is 5.54 Å². The number of hydrogen-bond donors (Lipinski definition) is 1. The molecule has 122 valence electrons. The zero-order valence-corrected chi connectivity index (χ0v) is 14.0. The zero-order chi connectivity index (χ0) is 15.6. The molecule has 0 aromatic heterocycles. The topological polar surface area (TPSA) is 54.3 Å². The summed E-state index contributed by atoms with van der Waals surface area (Å²) in [5, 5.41) is 13.0. The standard InChI is InChI=1S/C17H32N2O2/c1-4-9-19-17(14-18)8-5-6-16(17)7-10-20-11-12-21-13-15(2)3/h15-16,19H,4-13H2,1-3H3. The highest BCUT2D eigenvalue weighted by atomic mass is 16.5. The molecule has 0 aliphatic heterocycles. The van der Waals surface area contributed by atoms with E-state index >= 15 is 0 Å². The van der Waals surface area contributed by atoms with E-state index in [-0.39, 0.29) is 5.54 Å². The van der Waals surface area contributed by atoms with Gasteiger partial charge in [-0.25, -0.2) is 0 Å². The number of nitriles is 1. The molecule has 2 unspecified atom stereocenters. The normalized spacial score (nSPS) is 25.4. The Bertz CT molecular complexity index is 314. The lowest BCUT2D eigenvalue weighted by atomic mass is 9.86. The predicted molar refractivity (Wildman–Crippen MR) is 85.1 cm³/mol. The molecule has 0 aromatic rings. The average Bonchev–Trinajstić information content (AvgIpc) is 2.87. The van der Waals surface area contributed by atoms with E-state index in [9.17, 15) is 5.26 Å². The van der Waals surface area contributed by atoms with Crippen LogP contribution in [0.4, 0.5) is 0 Å². The van der Waals surface area contributed by atoms with Crippen LogP contribution in [0.2, 0.25) is 0 Å². The summed E-state index contributed by atoms with van der Waals surface area (Å²) in [6.45, 7) is 10.2. The molecule has 1 rings (SSSR count). The number of nitrogens with one attached hydrogen (secondary N) is 1. The molecule has 21 heavy (non-hydrogen) atoms. The fourth-order valence-corrected chi connectivity index (χ4v) is 3.00. The van der Waals surface area contributed by atoms with Crippen LogP contribution >= 0.6 is 0 Å². The van der Waals surface area contributed by atoms with E-state index in [1.807, 2.05) is 0 Å². The molecule has 0 spiro atoms. The molecular weight excluding hydrogens is 264 g/mol. The summed E-state index contributed by atoms with van der Waals surface area (Å²) in [5.41, 5.74) is -0.312. The van der Waals surface area contributed by atoms with Gasteiger partial charge in [-0.05, 0) is 44.1 Å². The van der Waals surface area contributed by atoms with Crippen LogP contribution in [-0.4, -0.2) is 38.5 Å². The van der Waals surface area contributed by atoms with Crippen LogP contribution in [0.1, 0.15) is 52.9 Å². The molecule has 0 heterocycles. The van der Waals surface area contributed by atoms with Crippen molar-refractivity contribution in [2.45, 2.75) is 58.4 Å². The summed E-state index contributed by atoms with van der Waals surface area (Å²) < 4.78 is 11.2. The minimum absolute atomic E-state index is 0.312. The Kier molecular flexibility index (Phi) is 8.91. The van der Waals surface area contributed by atoms with Gasteiger partial charge in [0.25, 0.3) is 0 Å². The second-order valence-corrected chi connectivity index (χ2v) is 6.47. The summed E-state index contributed by atoms with van der Waals surface area (Å²) in [6, 6.07) is 2.54. The van der Waals surface area contributed by atoms with Crippen LogP contribution in [0, 0.1) is 23.2 Å². The molecule has 1 saturated carbocycles. The maximum Gasteiger partial charge on any atom is 0.109 e. The van der Waals surface area contributed by atoms with Crippen molar-refractivity contribution in [3.05, 3.63) is 0 Å². The van der Waals surface area contributed by atoms with Gasteiger partial charge < -0.3 is 9.47 Å². The first-order valence-electron chi connectivity index (χ1n) is 8.46. The van der Waals surface area contributed by atoms with Gasteiger partial charge in [0, 0.05) is 13.2 Å². The van der Waals surface area contributed by atoms with Crippen molar-refractivity contribution in [3.8, 4) is 6.07 Å². The van der Waals surface area contributed by atoms with Crippen molar-refractivity contribution in [1.82, 2.24) is 5.32 Å². The molecule has 0 amide bonds. The summed E-state index contributed by atoms with van der Waals surface area (Å²) in [7, 11) is 0. The van der Waals surface area contributed by atoms with E-state index in [0.29, 0.717) is 25.0 Å². The van der Waals surface area contributed by atoms with Crippen LogP contribution in [0.25, 0.3) is 0 Å². The highest BCUT2D eigenvalue weighted by Gasteiger charge is 2.42. The summed E-state index contributed by atoms with van der Waals surface area (Å²) in [6.07, 6.45) is 5.30. The third kappa shape index (κ3) is 6.34. The number of ether oxygens (including phenoxy) is 2. The van der Waals surface area contributed by atoms with E-state index in [1.165, 1.54) is 0 Å². The maximum atomic E-state index is 9.56. The number of nitrogens with zero attached hydrogens (tertiary/aromatic N) is 1. The second kappa shape index (κ2) is 10.2. The summed E-state index contributed by atoms with van der Waals surface area (Å²) in [5.74, 6) is 0.995. The van der Waals surface area contributed by atoms with Crippen molar-refractivity contribution in [2.24, 2.45) is 11.8 Å². The summed E-state index contributed by atoms with van der Waals surface area (Å²) in [4.78, 5) is 0. The average molecular weight is 296 g/mol. The molecule has 1 aliphatic rings. The molecule has 1 N–H and O–H groups in total. The van der Waals surface area contributed by atoms with Gasteiger partial charge >= 0.3 is 0 Å². The van der Waals surface area contributed by atoms with Crippen LogP contribution in [0.3, 0.4) is 0 Å². The van der Waals surface area contributed by atoms with Gasteiger partial charge in [-0.1, -0.05) is 27.2 Å². The van der Waals surface area contributed by atoms with Crippen molar-refractivity contribution in [3.63, 3.8) is 0 Å². The lowest BCUT2D eigenvalue weighted by Crippen LogP contribution is -2.47. The lowest BCUT2D eigenvalue weighted by Gasteiger charge is -2.30. The van der Waals surface area contributed by atoms with Gasteiger partial charge in [-0.3, -0.25) is 5.32 Å². The lowest BCUT2D eigenvalue weighted by molar-refractivity contribution is 0.0317. The van der Waals surface area contributed by atoms with Gasteiger partial charge in [-0.15, -0.1) is 0 Å². The van der Waals surface area contributed by atoms with Crippen molar-refractivity contribution >= 4 is 0 Å². The fraction of sp³-hybridized carbons (Fsp3) is 0.941. The molecule has 4 nitrogen and oxygen atoms in total. The fourth-order valence-electron chi connectivity index (χ4n) is 3.00. The molecule has 0 radical (unpaired) electrons. The minimum Gasteiger partial charge on any atom is -0.379 e. The number of hydrogen-bond acceptors (Lipinski definition) is 4. The van der Waals surface area contributed by atoms with Crippen molar-refractivity contribution in [1.29, 1.82) is 5.26 Å². The Morgan fingerprint density at radius 2 is 2.05 bits per heavy atom. The van der Waals surface area contributed by atoms with Gasteiger partial charge in [0.2, 0.25) is 0 Å². The molecular formula is C17H32N2O2.